The predicted octanol–water partition coefficient (Wildman–Crippen LogP) is -0.984. The summed E-state index contributed by atoms with van der Waals surface area (Å²) < 4.78 is 3.16. The molecule has 0 spiro atoms. The number of carbonyl (C=O) groups is 1. The van der Waals surface area contributed by atoms with Gasteiger partial charge in [-0.2, -0.15) is 5.10 Å². The van der Waals surface area contributed by atoms with Crippen LogP contribution in [0.25, 0.3) is 0 Å². The van der Waals surface area contributed by atoms with E-state index >= 15 is 0 Å². The molecule has 1 aromatic heterocycles. The molecule has 0 fully saturated rings. The standard InChI is InChI=1S/C11H19N5O2/c1-14(2)10(17)4-3-6-16-11(18)15-7-5-12-8-9(15)13-16/h12H,3-8H2,1-2H3. The van der Waals surface area contributed by atoms with Crippen molar-refractivity contribution in [3.8, 4) is 0 Å². The van der Waals surface area contributed by atoms with E-state index in [1.165, 1.54) is 4.68 Å². The third-order valence-corrected chi connectivity index (χ3v) is 3.05. The van der Waals surface area contributed by atoms with Crippen LogP contribution in [0.5, 0.6) is 0 Å². The number of aryl methyl sites for hydroxylation is 1. The molecular weight excluding hydrogens is 234 g/mol. The van der Waals surface area contributed by atoms with Crippen LogP contribution in [0.3, 0.4) is 0 Å². The number of nitrogens with zero attached hydrogens (tertiary/aromatic N) is 4. The maximum atomic E-state index is 12.0. The number of amides is 1. The normalized spacial score (nSPS) is 14.3. The molecule has 7 nitrogen and oxygen atoms in total. The van der Waals surface area contributed by atoms with Crippen molar-refractivity contribution in [3.63, 3.8) is 0 Å². The van der Waals surface area contributed by atoms with Gasteiger partial charge in [-0.05, 0) is 6.42 Å². The number of hydrogen-bond donors (Lipinski definition) is 1. The van der Waals surface area contributed by atoms with Crippen molar-refractivity contribution >= 4 is 5.91 Å². The van der Waals surface area contributed by atoms with Crippen LogP contribution >= 0.6 is 0 Å². The summed E-state index contributed by atoms with van der Waals surface area (Å²) in [5, 5.41) is 7.45. The molecular formula is C11H19N5O2. The van der Waals surface area contributed by atoms with Gasteiger partial charge in [0.2, 0.25) is 5.91 Å². The summed E-state index contributed by atoms with van der Waals surface area (Å²) in [6, 6.07) is 0. The molecule has 1 aromatic rings. The van der Waals surface area contributed by atoms with Gasteiger partial charge >= 0.3 is 5.69 Å². The van der Waals surface area contributed by atoms with Gasteiger partial charge in [0.15, 0.2) is 0 Å². The van der Waals surface area contributed by atoms with Gasteiger partial charge in [0.1, 0.15) is 5.82 Å². The Labute approximate surface area is 105 Å². The molecule has 2 rings (SSSR count). The molecule has 1 aliphatic rings. The van der Waals surface area contributed by atoms with Gasteiger partial charge in [0.25, 0.3) is 0 Å². The van der Waals surface area contributed by atoms with Gasteiger partial charge in [-0.3, -0.25) is 9.36 Å². The molecule has 0 radical (unpaired) electrons. The maximum absolute atomic E-state index is 12.0. The molecule has 0 unspecified atom stereocenters. The summed E-state index contributed by atoms with van der Waals surface area (Å²) >= 11 is 0. The minimum atomic E-state index is -0.0659. The zero-order valence-corrected chi connectivity index (χ0v) is 10.8. The predicted molar refractivity (Wildman–Crippen MR) is 66.1 cm³/mol. The van der Waals surface area contributed by atoms with Crippen molar-refractivity contribution in [1.82, 2.24) is 24.6 Å². The number of nitrogens with one attached hydrogen (secondary N) is 1. The average molecular weight is 253 g/mol. The van der Waals surface area contributed by atoms with Gasteiger partial charge in [0.05, 0.1) is 6.54 Å². The fourth-order valence-electron chi connectivity index (χ4n) is 1.98. The summed E-state index contributed by atoms with van der Waals surface area (Å²) in [5.41, 5.74) is -0.0659. The van der Waals surface area contributed by atoms with E-state index in [9.17, 15) is 9.59 Å². The van der Waals surface area contributed by atoms with E-state index in [1.54, 1.807) is 23.6 Å². The first kappa shape index (κ1) is 12.8. The van der Waals surface area contributed by atoms with Crippen LogP contribution in [0.15, 0.2) is 4.79 Å². The zero-order valence-electron chi connectivity index (χ0n) is 10.8. The van der Waals surface area contributed by atoms with Gasteiger partial charge in [-0.1, -0.05) is 0 Å². The summed E-state index contributed by atoms with van der Waals surface area (Å²) in [6.07, 6.45) is 1.08. The molecule has 2 heterocycles. The number of carbonyl (C=O) groups excluding carboxylic acids is 1. The Balaban J connectivity index is 1.96. The van der Waals surface area contributed by atoms with Crippen molar-refractivity contribution in [2.45, 2.75) is 32.5 Å². The first-order chi connectivity index (χ1) is 8.59. The second-order valence-corrected chi connectivity index (χ2v) is 4.64. The van der Waals surface area contributed by atoms with E-state index in [4.69, 9.17) is 0 Å². The fourth-order valence-corrected chi connectivity index (χ4v) is 1.98. The third-order valence-electron chi connectivity index (χ3n) is 3.05. The molecule has 0 aromatic carbocycles. The Bertz CT molecular complexity index is 488. The smallest absolute Gasteiger partial charge is 0.345 e. The maximum Gasteiger partial charge on any atom is 0.345 e. The quantitative estimate of drug-likeness (QED) is 0.748. The van der Waals surface area contributed by atoms with Crippen molar-refractivity contribution < 1.29 is 4.79 Å². The second-order valence-electron chi connectivity index (χ2n) is 4.64. The first-order valence-electron chi connectivity index (χ1n) is 6.17. The van der Waals surface area contributed by atoms with Crippen molar-refractivity contribution in [1.29, 1.82) is 0 Å². The highest BCUT2D eigenvalue weighted by atomic mass is 16.2. The van der Waals surface area contributed by atoms with Gasteiger partial charge in [-0.25, -0.2) is 9.48 Å². The van der Waals surface area contributed by atoms with E-state index in [-0.39, 0.29) is 11.6 Å². The number of hydrogen-bond acceptors (Lipinski definition) is 4. The highest BCUT2D eigenvalue weighted by molar-refractivity contribution is 5.75. The summed E-state index contributed by atoms with van der Waals surface area (Å²) in [4.78, 5) is 24.9. The summed E-state index contributed by atoms with van der Waals surface area (Å²) in [6.45, 7) is 2.61. The second kappa shape index (κ2) is 5.34. The van der Waals surface area contributed by atoms with Crippen molar-refractivity contribution in [2.24, 2.45) is 0 Å². The molecule has 1 amide bonds. The van der Waals surface area contributed by atoms with Crippen LogP contribution in [0.1, 0.15) is 18.7 Å². The van der Waals surface area contributed by atoms with Gasteiger partial charge < -0.3 is 10.2 Å². The number of rotatable bonds is 4. The lowest BCUT2D eigenvalue weighted by Crippen LogP contribution is -2.34. The van der Waals surface area contributed by atoms with Crippen LogP contribution in [0.2, 0.25) is 0 Å². The lowest BCUT2D eigenvalue weighted by Gasteiger charge is -2.11. The van der Waals surface area contributed by atoms with Crippen LogP contribution in [-0.2, 0) is 24.4 Å². The highest BCUT2D eigenvalue weighted by Gasteiger charge is 2.16. The fraction of sp³-hybridized carbons (Fsp3) is 0.727. The van der Waals surface area contributed by atoms with Crippen LogP contribution in [-0.4, -0.2) is 45.8 Å². The third kappa shape index (κ3) is 2.61. The number of aromatic nitrogens is 3. The molecule has 0 bridgehead atoms. The van der Waals surface area contributed by atoms with E-state index in [0.717, 1.165) is 12.4 Å². The molecule has 0 saturated carbocycles. The lowest BCUT2D eigenvalue weighted by molar-refractivity contribution is -0.128. The van der Waals surface area contributed by atoms with Crippen LogP contribution in [0, 0.1) is 0 Å². The lowest BCUT2D eigenvalue weighted by atomic mass is 10.3. The molecule has 0 saturated heterocycles. The monoisotopic (exact) mass is 253 g/mol. The number of fused-ring (bicyclic) bond motifs is 1. The SMILES string of the molecule is CN(C)C(=O)CCCn1nc2n(c1=O)CCNC2. The average Bonchev–Trinajstić information content (AvgIpc) is 2.67. The van der Waals surface area contributed by atoms with Crippen molar-refractivity contribution in [2.75, 3.05) is 20.6 Å². The molecule has 1 N–H and O–H groups in total. The largest absolute Gasteiger partial charge is 0.349 e. The molecule has 1 aliphatic heterocycles. The van der Waals surface area contributed by atoms with Gasteiger partial charge in [0, 0.05) is 40.2 Å². The van der Waals surface area contributed by atoms with Crippen molar-refractivity contribution in [3.05, 3.63) is 16.3 Å². The van der Waals surface area contributed by atoms with E-state index in [0.29, 0.717) is 32.5 Å². The molecule has 0 aliphatic carbocycles. The molecule has 18 heavy (non-hydrogen) atoms. The molecule has 7 heteroatoms. The Morgan fingerprint density at radius 3 is 2.94 bits per heavy atom. The topological polar surface area (TPSA) is 72.2 Å². The van der Waals surface area contributed by atoms with E-state index in [2.05, 4.69) is 10.4 Å². The molecule has 100 valence electrons. The minimum Gasteiger partial charge on any atom is -0.349 e. The Morgan fingerprint density at radius 1 is 1.50 bits per heavy atom. The van der Waals surface area contributed by atoms with Crippen LogP contribution < -0.4 is 11.0 Å². The Kier molecular flexibility index (Phi) is 3.81. The Hall–Kier alpha value is -1.63. The highest BCUT2D eigenvalue weighted by Crippen LogP contribution is 2.00. The van der Waals surface area contributed by atoms with E-state index < -0.39 is 0 Å². The van der Waals surface area contributed by atoms with Gasteiger partial charge in [-0.15, -0.1) is 0 Å². The molecule has 0 atom stereocenters. The summed E-state index contributed by atoms with van der Waals surface area (Å²) in [7, 11) is 3.46. The Morgan fingerprint density at radius 2 is 2.28 bits per heavy atom. The first-order valence-corrected chi connectivity index (χ1v) is 6.17. The van der Waals surface area contributed by atoms with Crippen LogP contribution in [0.4, 0.5) is 0 Å². The zero-order chi connectivity index (χ0) is 13.1. The minimum absolute atomic E-state index is 0.0659. The van der Waals surface area contributed by atoms with E-state index in [1.807, 2.05) is 0 Å². The summed E-state index contributed by atoms with van der Waals surface area (Å²) in [5.74, 6) is 0.860.